The van der Waals surface area contributed by atoms with Crippen LogP contribution >= 0.6 is 0 Å². The SMILES string of the molecule is CC(C)(C)c1ccnc(-n2c3[c-]c(Oc4[c-]c(N5[CH-]N(c6c(-c7cc(C(C)(C)C)ccc7C(C)(C)C)cc(C(C)(C)C)cc6-c6cc(C(C)(C)C)ccc6C(C)(C)C)c6cccnc65)ccc4)ccc3c3ccccc32)c1.[Pt]. The van der Waals surface area contributed by atoms with E-state index in [2.05, 4.69) is 267 Å². The van der Waals surface area contributed by atoms with Crippen molar-refractivity contribution < 1.29 is 25.8 Å². The molecule has 0 saturated heterocycles. The minimum Gasteiger partial charge on any atom is -0.509 e. The van der Waals surface area contributed by atoms with Crippen molar-refractivity contribution >= 4 is 44.7 Å². The molecule has 0 unspecified atom stereocenters. The van der Waals surface area contributed by atoms with Crippen molar-refractivity contribution in [2.24, 2.45) is 0 Å². The molecule has 78 heavy (non-hydrogen) atoms. The summed E-state index contributed by atoms with van der Waals surface area (Å²) in [6.07, 6.45) is 3.79. The van der Waals surface area contributed by atoms with Crippen LogP contribution in [0.2, 0.25) is 0 Å². The molecule has 4 heterocycles. The van der Waals surface area contributed by atoms with E-state index < -0.39 is 0 Å². The topological polar surface area (TPSA) is 46.4 Å². The molecule has 9 aromatic rings. The molecule has 7 heteroatoms. The van der Waals surface area contributed by atoms with E-state index in [0.717, 1.165) is 50.5 Å². The average Bonchev–Trinajstić information content (AvgIpc) is 3.92. The van der Waals surface area contributed by atoms with Gasteiger partial charge in [0, 0.05) is 67.3 Å². The first-order valence-corrected chi connectivity index (χ1v) is 27.5. The molecule has 0 bridgehead atoms. The first-order chi connectivity index (χ1) is 36.0. The third kappa shape index (κ3) is 10.7. The summed E-state index contributed by atoms with van der Waals surface area (Å²) in [7, 11) is 0. The minimum atomic E-state index is -0.169. The van der Waals surface area contributed by atoms with Gasteiger partial charge in [0.05, 0.1) is 5.69 Å². The maximum atomic E-state index is 6.80. The molecule has 0 radical (unpaired) electrons. The largest absolute Gasteiger partial charge is 0.509 e. The Hall–Kier alpha value is -6.49. The van der Waals surface area contributed by atoms with Crippen LogP contribution in [-0.4, -0.2) is 14.5 Å². The molecule has 3 aromatic heterocycles. The van der Waals surface area contributed by atoms with Crippen molar-refractivity contribution in [1.82, 2.24) is 14.5 Å². The Morgan fingerprint density at radius 2 is 0.987 bits per heavy atom. The quantitative estimate of drug-likeness (QED) is 0.149. The van der Waals surface area contributed by atoms with Gasteiger partial charge in [0.15, 0.2) is 0 Å². The zero-order valence-corrected chi connectivity index (χ0v) is 51.6. The molecule has 0 amide bonds. The summed E-state index contributed by atoms with van der Waals surface area (Å²) in [6, 6.07) is 54.0. The fourth-order valence-corrected chi connectivity index (χ4v) is 10.8. The Morgan fingerprint density at radius 1 is 0.436 bits per heavy atom. The monoisotopic (exact) mass is 1210 g/mol. The van der Waals surface area contributed by atoms with E-state index in [0.29, 0.717) is 11.5 Å². The number of ether oxygens (including phenoxy) is 1. The van der Waals surface area contributed by atoms with E-state index in [9.17, 15) is 0 Å². The van der Waals surface area contributed by atoms with Crippen LogP contribution < -0.4 is 14.5 Å². The van der Waals surface area contributed by atoms with Crippen LogP contribution in [0.4, 0.5) is 22.9 Å². The maximum Gasteiger partial charge on any atom is 0.135 e. The van der Waals surface area contributed by atoms with Crippen molar-refractivity contribution in [2.75, 3.05) is 9.80 Å². The normalized spacial score (nSPS) is 13.6. The first-order valence-electron chi connectivity index (χ1n) is 27.5. The van der Waals surface area contributed by atoms with Gasteiger partial charge < -0.3 is 19.1 Å². The van der Waals surface area contributed by atoms with Crippen LogP contribution in [0.25, 0.3) is 49.9 Å². The summed E-state index contributed by atoms with van der Waals surface area (Å²) < 4.78 is 9.00. The second-order valence-electron chi connectivity index (χ2n) is 27.5. The van der Waals surface area contributed by atoms with E-state index in [1.807, 2.05) is 30.6 Å². The second kappa shape index (κ2) is 20.0. The van der Waals surface area contributed by atoms with Gasteiger partial charge in [-0.2, -0.15) is 12.1 Å². The van der Waals surface area contributed by atoms with Crippen LogP contribution in [0.5, 0.6) is 11.5 Å². The van der Waals surface area contributed by atoms with Gasteiger partial charge in [-0.1, -0.05) is 190 Å². The predicted molar refractivity (Wildman–Crippen MR) is 325 cm³/mol. The van der Waals surface area contributed by atoms with Gasteiger partial charge >= 0.3 is 0 Å². The molecular formula is C71H78N5OPt-3. The molecule has 10 rings (SSSR count). The molecular weight excluding hydrogens is 1130 g/mol. The fourth-order valence-electron chi connectivity index (χ4n) is 10.8. The Bertz CT molecular complexity index is 3630. The molecule has 0 fully saturated rings. The Morgan fingerprint density at radius 3 is 1.56 bits per heavy atom. The van der Waals surface area contributed by atoms with Gasteiger partial charge in [-0.15, -0.1) is 42.4 Å². The van der Waals surface area contributed by atoms with Crippen molar-refractivity contribution in [2.45, 2.75) is 157 Å². The maximum absolute atomic E-state index is 6.80. The van der Waals surface area contributed by atoms with Gasteiger partial charge in [-0.25, -0.2) is 9.97 Å². The first kappa shape index (κ1) is 56.2. The molecule has 0 aliphatic carbocycles. The number of aromatic nitrogens is 3. The molecule has 6 aromatic carbocycles. The van der Waals surface area contributed by atoms with E-state index in [-0.39, 0.29) is 53.6 Å². The van der Waals surface area contributed by atoms with Gasteiger partial charge in [0.1, 0.15) is 11.6 Å². The van der Waals surface area contributed by atoms with Gasteiger partial charge in [0.25, 0.3) is 0 Å². The van der Waals surface area contributed by atoms with E-state index in [1.54, 1.807) is 0 Å². The Labute approximate surface area is 480 Å². The Kier molecular flexibility index (Phi) is 14.4. The Balaban J connectivity index is 0.00000740. The van der Waals surface area contributed by atoms with Gasteiger partial charge in [0.2, 0.25) is 0 Å². The zero-order valence-electron chi connectivity index (χ0n) is 49.3. The zero-order chi connectivity index (χ0) is 55.4. The fraction of sp³-hybridized carbons (Fsp3) is 0.338. The number of rotatable bonds is 7. The molecule has 1 aliphatic rings. The predicted octanol–water partition coefficient (Wildman–Crippen LogP) is 19.5. The van der Waals surface area contributed by atoms with Crippen LogP contribution in [0.3, 0.4) is 0 Å². The third-order valence-electron chi connectivity index (χ3n) is 15.3. The molecule has 406 valence electrons. The minimum absolute atomic E-state index is 0. The smallest absolute Gasteiger partial charge is 0.135 e. The van der Waals surface area contributed by atoms with Crippen molar-refractivity contribution in [3.63, 3.8) is 0 Å². The molecule has 0 N–H and O–H groups in total. The summed E-state index contributed by atoms with van der Waals surface area (Å²) in [5.41, 5.74) is 16.7. The van der Waals surface area contributed by atoms with Crippen molar-refractivity contribution in [3.8, 4) is 39.6 Å². The van der Waals surface area contributed by atoms with Crippen molar-refractivity contribution in [1.29, 1.82) is 0 Å². The van der Waals surface area contributed by atoms with Crippen LogP contribution in [-0.2, 0) is 53.6 Å². The summed E-state index contributed by atoms with van der Waals surface area (Å²) in [6.45, 7) is 43.9. The van der Waals surface area contributed by atoms with Crippen molar-refractivity contribution in [3.05, 3.63) is 192 Å². The molecule has 0 saturated carbocycles. The van der Waals surface area contributed by atoms with E-state index in [1.165, 1.54) is 55.6 Å². The third-order valence-corrected chi connectivity index (χ3v) is 15.3. The number of fused-ring (bicyclic) bond motifs is 4. The summed E-state index contributed by atoms with van der Waals surface area (Å²) in [4.78, 5) is 14.6. The average molecular weight is 1210 g/mol. The van der Waals surface area contributed by atoms with Gasteiger partial charge in [-0.3, -0.25) is 0 Å². The number of anilines is 4. The summed E-state index contributed by atoms with van der Waals surface area (Å²) in [5, 5.41) is 2.21. The molecule has 0 atom stereocenters. The standard InChI is InChI=1S/C71H78N5O.Pt/c1-66(2,3)45-28-32-58(70(13,14)15)54(37-45)56-39-48(69(10,11)12)40-57(55-38-46(67(4,5)6)29-33-59(55)71(16,17)18)64(56)75-44-74(65-61(75)27-22-35-73-65)49-23-21-24-50(42-49)77-51-30-31-53-52-25-19-20-26-60(52)76(62(53)43-51)63-41-47(34-36-72-63)68(7,8)9;/h19-41,44H,1-18H3;/q-3;. The number of para-hydroxylation sites is 1. The number of pyridine rings is 2. The van der Waals surface area contributed by atoms with Crippen LogP contribution in [0.15, 0.2) is 140 Å². The van der Waals surface area contributed by atoms with E-state index >= 15 is 0 Å². The number of hydrogen-bond acceptors (Lipinski definition) is 5. The van der Waals surface area contributed by atoms with E-state index in [4.69, 9.17) is 14.7 Å². The molecule has 1 aliphatic heterocycles. The van der Waals surface area contributed by atoms with Gasteiger partial charge in [-0.05, 0) is 125 Å². The second-order valence-corrected chi connectivity index (χ2v) is 27.5. The number of hydrogen-bond donors (Lipinski definition) is 0. The van der Waals surface area contributed by atoms with Crippen LogP contribution in [0.1, 0.15) is 158 Å². The summed E-state index contributed by atoms with van der Waals surface area (Å²) in [5.74, 6) is 2.80. The van der Waals surface area contributed by atoms with Crippen LogP contribution in [0, 0.1) is 18.8 Å². The number of nitrogens with zero attached hydrogens (tertiary/aromatic N) is 5. The summed E-state index contributed by atoms with van der Waals surface area (Å²) >= 11 is 0. The molecule has 0 spiro atoms. The number of benzene rings is 6. The molecule has 6 nitrogen and oxygen atoms in total.